The number of ether oxygens (including phenoxy) is 3. The van der Waals surface area contributed by atoms with Gasteiger partial charge in [0.25, 0.3) is 0 Å². The molecule has 0 aliphatic heterocycles. The quantitative estimate of drug-likeness (QED) is 0.542. The van der Waals surface area contributed by atoms with Gasteiger partial charge in [-0.05, 0) is 54.9 Å². The number of unbranched alkanes of at least 4 members (excludes halogenated alkanes) is 1. The lowest BCUT2D eigenvalue weighted by atomic mass is 10.1. The fourth-order valence-corrected chi connectivity index (χ4v) is 3.37. The number of benzene rings is 2. The van der Waals surface area contributed by atoms with Crippen molar-refractivity contribution in [1.82, 2.24) is 14.8 Å². The number of nitrogens with zero attached hydrogens (tertiary/aromatic N) is 2. The molecule has 0 fully saturated rings. The predicted octanol–water partition coefficient (Wildman–Crippen LogP) is 4.97. The van der Waals surface area contributed by atoms with E-state index in [1.165, 1.54) is 18.4 Å². The van der Waals surface area contributed by atoms with Crippen molar-refractivity contribution in [3.05, 3.63) is 46.7 Å². The topological polar surface area (TPSA) is 61.3 Å². The molecule has 3 rings (SSSR count). The fraction of sp³-hybridized carbons (Fsp3) is 0.333. The van der Waals surface area contributed by atoms with E-state index in [-0.39, 0.29) is 0 Å². The van der Waals surface area contributed by atoms with Gasteiger partial charge in [-0.25, -0.2) is 0 Å². The number of rotatable bonds is 8. The van der Waals surface area contributed by atoms with Crippen molar-refractivity contribution in [2.75, 3.05) is 21.3 Å². The standard InChI is InChI=1S/C21H25N3O3S/c1-5-6-7-14-8-10-16(11-9-14)24-20(22-23-21(24)28)15-12-17(25-2)19(27-4)18(13-15)26-3/h8-13H,5-7H2,1-4H3,(H,23,28). The van der Waals surface area contributed by atoms with Crippen LogP contribution in [0.2, 0.25) is 0 Å². The monoisotopic (exact) mass is 399 g/mol. The first-order valence-electron chi connectivity index (χ1n) is 9.20. The molecule has 1 heterocycles. The lowest BCUT2D eigenvalue weighted by Crippen LogP contribution is -2.00. The lowest BCUT2D eigenvalue weighted by molar-refractivity contribution is 0.324. The van der Waals surface area contributed by atoms with Gasteiger partial charge in [-0.15, -0.1) is 0 Å². The molecule has 148 valence electrons. The van der Waals surface area contributed by atoms with Gasteiger partial charge in [0.1, 0.15) is 0 Å². The third kappa shape index (κ3) is 3.89. The Labute approximate surface area is 170 Å². The van der Waals surface area contributed by atoms with Crippen LogP contribution < -0.4 is 14.2 Å². The molecule has 0 aliphatic carbocycles. The summed E-state index contributed by atoms with van der Waals surface area (Å²) in [5.41, 5.74) is 3.06. The second kappa shape index (κ2) is 8.93. The first-order chi connectivity index (χ1) is 13.6. The molecule has 0 atom stereocenters. The molecule has 0 unspecified atom stereocenters. The number of H-pyrrole nitrogens is 1. The number of aromatic amines is 1. The molecule has 0 saturated heterocycles. The molecule has 2 aromatic carbocycles. The van der Waals surface area contributed by atoms with Crippen molar-refractivity contribution < 1.29 is 14.2 Å². The fourth-order valence-electron chi connectivity index (χ4n) is 3.13. The van der Waals surface area contributed by atoms with E-state index in [1.54, 1.807) is 21.3 Å². The number of hydrogen-bond acceptors (Lipinski definition) is 5. The Bertz CT molecular complexity index is 968. The summed E-state index contributed by atoms with van der Waals surface area (Å²) in [6.07, 6.45) is 3.44. The maximum Gasteiger partial charge on any atom is 0.203 e. The zero-order valence-electron chi connectivity index (χ0n) is 16.6. The number of nitrogens with one attached hydrogen (secondary N) is 1. The maximum atomic E-state index is 5.49. The largest absolute Gasteiger partial charge is 0.493 e. The summed E-state index contributed by atoms with van der Waals surface area (Å²) in [4.78, 5) is 0. The van der Waals surface area contributed by atoms with Crippen LogP contribution >= 0.6 is 12.2 Å². The van der Waals surface area contributed by atoms with Crippen LogP contribution in [0.15, 0.2) is 36.4 Å². The van der Waals surface area contributed by atoms with Crippen LogP contribution in [0.5, 0.6) is 17.2 Å². The van der Waals surface area contributed by atoms with Crippen molar-refractivity contribution in [2.45, 2.75) is 26.2 Å². The van der Waals surface area contributed by atoms with Gasteiger partial charge in [0.15, 0.2) is 22.1 Å². The van der Waals surface area contributed by atoms with Gasteiger partial charge < -0.3 is 14.2 Å². The minimum atomic E-state index is 0.519. The zero-order chi connectivity index (χ0) is 20.1. The summed E-state index contributed by atoms with van der Waals surface area (Å²) in [6, 6.07) is 12.1. The van der Waals surface area contributed by atoms with Gasteiger partial charge in [-0.2, -0.15) is 5.10 Å². The summed E-state index contributed by atoms with van der Waals surface area (Å²) in [6.45, 7) is 2.20. The molecular formula is C21H25N3O3S. The third-order valence-electron chi connectivity index (χ3n) is 4.61. The van der Waals surface area contributed by atoms with Crippen molar-refractivity contribution in [3.63, 3.8) is 0 Å². The summed E-state index contributed by atoms with van der Waals surface area (Å²) in [5.74, 6) is 2.33. The van der Waals surface area contributed by atoms with Crippen molar-refractivity contribution in [2.24, 2.45) is 0 Å². The van der Waals surface area contributed by atoms with Gasteiger partial charge in [-0.1, -0.05) is 25.5 Å². The smallest absolute Gasteiger partial charge is 0.203 e. The molecule has 0 amide bonds. The number of aromatic nitrogens is 3. The van der Waals surface area contributed by atoms with Crippen LogP contribution in [0, 0.1) is 4.77 Å². The molecule has 0 radical (unpaired) electrons. The van der Waals surface area contributed by atoms with Crippen LogP contribution in [0.4, 0.5) is 0 Å². The lowest BCUT2D eigenvalue weighted by Gasteiger charge is -2.14. The van der Waals surface area contributed by atoms with Crippen molar-refractivity contribution >= 4 is 12.2 Å². The van der Waals surface area contributed by atoms with Crippen LogP contribution in [0.1, 0.15) is 25.3 Å². The van der Waals surface area contributed by atoms with E-state index in [1.807, 2.05) is 16.7 Å². The summed E-state index contributed by atoms with van der Waals surface area (Å²) in [5, 5.41) is 7.32. The highest BCUT2D eigenvalue weighted by Gasteiger charge is 2.18. The Morgan fingerprint density at radius 1 is 1.00 bits per heavy atom. The van der Waals surface area contributed by atoms with Crippen molar-refractivity contribution in [1.29, 1.82) is 0 Å². The van der Waals surface area contributed by atoms with Gasteiger partial charge >= 0.3 is 0 Å². The molecule has 1 N–H and O–H groups in total. The maximum absolute atomic E-state index is 5.49. The molecule has 0 saturated carbocycles. The molecule has 3 aromatic rings. The second-order valence-corrected chi connectivity index (χ2v) is 6.76. The highest BCUT2D eigenvalue weighted by Crippen LogP contribution is 2.41. The predicted molar refractivity (Wildman–Crippen MR) is 112 cm³/mol. The number of hydrogen-bond donors (Lipinski definition) is 1. The third-order valence-corrected chi connectivity index (χ3v) is 4.88. The Hall–Kier alpha value is -2.80. The molecule has 0 aliphatic rings. The highest BCUT2D eigenvalue weighted by molar-refractivity contribution is 7.71. The molecule has 6 nitrogen and oxygen atoms in total. The SMILES string of the molecule is CCCCc1ccc(-n2c(-c3cc(OC)c(OC)c(OC)c3)n[nH]c2=S)cc1. The van der Waals surface area contributed by atoms with Crippen LogP contribution in [0.25, 0.3) is 17.1 Å². The summed E-state index contributed by atoms with van der Waals surface area (Å²) in [7, 11) is 4.76. The van der Waals surface area contributed by atoms with E-state index >= 15 is 0 Å². The number of methoxy groups -OCH3 is 3. The van der Waals surface area contributed by atoms with Crippen LogP contribution in [-0.4, -0.2) is 36.1 Å². The highest BCUT2D eigenvalue weighted by atomic mass is 32.1. The summed E-state index contributed by atoms with van der Waals surface area (Å²) < 4.78 is 18.8. The number of aryl methyl sites for hydroxylation is 1. The summed E-state index contributed by atoms with van der Waals surface area (Å²) >= 11 is 5.49. The van der Waals surface area contributed by atoms with E-state index in [4.69, 9.17) is 26.4 Å². The first-order valence-corrected chi connectivity index (χ1v) is 9.60. The molecular weight excluding hydrogens is 374 g/mol. The Morgan fingerprint density at radius 2 is 1.64 bits per heavy atom. The molecule has 28 heavy (non-hydrogen) atoms. The molecule has 0 spiro atoms. The first kappa shape index (κ1) is 19.9. The Balaban J connectivity index is 2.07. The van der Waals surface area contributed by atoms with E-state index in [9.17, 15) is 0 Å². The Kier molecular flexibility index (Phi) is 6.36. The van der Waals surface area contributed by atoms with Crippen LogP contribution in [0.3, 0.4) is 0 Å². The van der Waals surface area contributed by atoms with Gasteiger partial charge in [0.05, 0.1) is 21.3 Å². The average molecular weight is 400 g/mol. The van der Waals surface area contributed by atoms with E-state index in [2.05, 4.69) is 41.4 Å². The molecule has 7 heteroatoms. The second-order valence-electron chi connectivity index (χ2n) is 6.37. The van der Waals surface area contributed by atoms with Gasteiger partial charge in [-0.3, -0.25) is 9.67 Å². The minimum absolute atomic E-state index is 0.519. The van der Waals surface area contributed by atoms with Crippen molar-refractivity contribution in [3.8, 4) is 34.3 Å². The molecule has 1 aromatic heterocycles. The van der Waals surface area contributed by atoms with Crippen LogP contribution in [-0.2, 0) is 6.42 Å². The Morgan fingerprint density at radius 3 is 2.18 bits per heavy atom. The molecule has 0 bridgehead atoms. The minimum Gasteiger partial charge on any atom is -0.493 e. The van der Waals surface area contributed by atoms with E-state index in [0.717, 1.165) is 17.7 Å². The van der Waals surface area contributed by atoms with E-state index in [0.29, 0.717) is 27.8 Å². The average Bonchev–Trinajstić information content (AvgIpc) is 3.12. The van der Waals surface area contributed by atoms with Gasteiger partial charge in [0.2, 0.25) is 5.75 Å². The van der Waals surface area contributed by atoms with E-state index < -0.39 is 0 Å². The normalized spacial score (nSPS) is 10.7. The zero-order valence-corrected chi connectivity index (χ0v) is 17.4. The van der Waals surface area contributed by atoms with Gasteiger partial charge in [0, 0.05) is 11.3 Å².